The molecule has 4 heterocycles. The first-order valence-electron chi connectivity index (χ1n) is 34.6. The molecule has 2 aliphatic rings. The highest BCUT2D eigenvalue weighted by molar-refractivity contribution is 7.05. The van der Waals surface area contributed by atoms with Gasteiger partial charge in [0.05, 0.1) is 37.3 Å². The fraction of sp³-hybridized carbons (Fsp3) is 0.0870. The average molecular weight is 1270 g/mol. The Balaban J connectivity index is 1.01. The van der Waals surface area contributed by atoms with Crippen LogP contribution in [0.2, 0.25) is 0 Å². The van der Waals surface area contributed by atoms with Gasteiger partial charge in [-0.1, -0.05) is 300 Å². The van der Waals surface area contributed by atoms with Crippen molar-refractivity contribution in [3.8, 4) is 55.9 Å². The van der Waals surface area contributed by atoms with Crippen LogP contribution in [0.5, 0.6) is 0 Å². The van der Waals surface area contributed by atoms with Crippen LogP contribution < -0.4 is 36.6 Å². The summed E-state index contributed by atoms with van der Waals surface area (Å²) in [6.07, 6.45) is 0. The minimum atomic E-state index is -1.20. The fourth-order valence-corrected chi connectivity index (χ4v) is 18.4. The first-order chi connectivity index (χ1) is 47.9. The Labute approximate surface area is 576 Å². The molecule has 0 fully saturated rings. The lowest BCUT2D eigenvalue weighted by Crippen LogP contribution is -2.70. The Bertz CT molecular complexity index is 5550. The zero-order chi connectivity index (χ0) is 66.0. The van der Waals surface area contributed by atoms with E-state index in [0.717, 1.165) is 78.7 Å². The molecular formula is C92H73BN4Si. The SMILES string of the molecule is CC(C)(C)c1ccc(N(c2ccc(C(C)(C)C)cc2)c2cc3c4c(c2)N(c2c(-c5cccc6c7ccccc7n(-c7ccccc7)c56)cccc2-c2cccc5c6ccccc6n(-c6ccccc6)c25)c2cc(-c5ccccc5)ccc2B4c2ccc(-c4ccccc4)cc2[SiH2]3)cc1. The van der Waals surface area contributed by atoms with E-state index >= 15 is 0 Å². The van der Waals surface area contributed by atoms with Gasteiger partial charge in [-0.25, -0.2) is 0 Å². The maximum absolute atomic E-state index is 2.76. The van der Waals surface area contributed by atoms with Gasteiger partial charge in [-0.2, -0.15) is 0 Å². The number of hydrogen-bond donors (Lipinski definition) is 0. The largest absolute Gasteiger partial charge is 0.310 e. The minimum absolute atomic E-state index is 0.0303. The summed E-state index contributed by atoms with van der Waals surface area (Å²) >= 11 is 0. The van der Waals surface area contributed by atoms with Crippen molar-refractivity contribution in [1.82, 2.24) is 9.13 Å². The molecule has 0 saturated carbocycles. The summed E-state index contributed by atoms with van der Waals surface area (Å²) in [5.41, 5.74) is 29.7. The van der Waals surface area contributed by atoms with Gasteiger partial charge in [0.2, 0.25) is 6.71 Å². The number of benzene rings is 14. The predicted octanol–water partition coefficient (Wildman–Crippen LogP) is 20.3. The van der Waals surface area contributed by atoms with Gasteiger partial charge >= 0.3 is 0 Å². The van der Waals surface area contributed by atoms with Crippen LogP contribution in [0.1, 0.15) is 52.7 Å². The van der Waals surface area contributed by atoms with E-state index in [4.69, 9.17) is 0 Å². The lowest BCUT2D eigenvalue weighted by molar-refractivity contribution is 0.590. The number of para-hydroxylation sites is 7. The smallest absolute Gasteiger partial charge is 0.246 e. The molecular weight excluding hydrogens is 1200 g/mol. The number of nitrogens with zero attached hydrogens (tertiary/aromatic N) is 4. The molecule has 2 aromatic heterocycles. The van der Waals surface area contributed by atoms with Crippen molar-refractivity contribution in [2.24, 2.45) is 0 Å². The molecule has 0 unspecified atom stereocenters. The van der Waals surface area contributed by atoms with Crippen molar-refractivity contribution >= 4 is 121 Å². The van der Waals surface area contributed by atoms with Crippen LogP contribution in [-0.4, -0.2) is 25.4 Å². The number of rotatable bonds is 10. The molecule has 468 valence electrons. The van der Waals surface area contributed by atoms with Crippen LogP contribution in [0.3, 0.4) is 0 Å². The van der Waals surface area contributed by atoms with Crippen molar-refractivity contribution in [3.63, 3.8) is 0 Å². The van der Waals surface area contributed by atoms with Crippen LogP contribution in [0.25, 0.3) is 99.5 Å². The second-order valence-corrected chi connectivity index (χ2v) is 30.7. The first-order valence-corrected chi connectivity index (χ1v) is 36.0. The van der Waals surface area contributed by atoms with Crippen LogP contribution in [0.15, 0.2) is 322 Å². The molecule has 18 rings (SSSR count). The third-order valence-electron chi connectivity index (χ3n) is 20.9. The highest BCUT2D eigenvalue weighted by Gasteiger charge is 2.43. The average Bonchev–Trinajstić information content (AvgIpc) is 0.732. The van der Waals surface area contributed by atoms with Gasteiger partial charge < -0.3 is 18.9 Å². The zero-order valence-corrected chi connectivity index (χ0v) is 57.6. The molecule has 0 radical (unpaired) electrons. The summed E-state index contributed by atoms with van der Waals surface area (Å²) in [6.45, 7) is 13.8. The standard InChI is InChI=1S/C92H73BN4Si/c1-91(2,3)64-46-50-68(51-47-64)94(69-52-48-65(49-53-69)92(4,5)6)70-58-84-87-86(59-70)98-85-57-63(61-28-13-8-14-29-61)45-55-80(85)93(87)79-54-44-62(60-26-11-7-12-27-60)56-83(79)97(84)90-77(75-38-23-36-73-71-34-19-21-42-81(71)95(88(73)75)66-30-15-9-16-31-66)40-25-41-78(90)76-39-24-37-74-72-35-20-22-43-82(72)96(89(74)76)67-32-17-10-18-33-67/h7-59H,98H2,1-6H3. The molecule has 2 aliphatic heterocycles. The molecule has 6 heteroatoms. The minimum Gasteiger partial charge on any atom is -0.310 e. The van der Waals surface area contributed by atoms with Crippen LogP contribution in [0, 0.1) is 0 Å². The summed E-state index contributed by atoms with van der Waals surface area (Å²) in [6, 6.07) is 122. The summed E-state index contributed by atoms with van der Waals surface area (Å²) in [4.78, 5) is 5.31. The Morgan fingerprint density at radius 2 is 0.745 bits per heavy atom. The number of anilines is 6. The predicted molar refractivity (Wildman–Crippen MR) is 423 cm³/mol. The lowest BCUT2D eigenvalue weighted by atomic mass is 9.34. The molecule has 98 heavy (non-hydrogen) atoms. The van der Waals surface area contributed by atoms with Crippen LogP contribution >= 0.6 is 0 Å². The van der Waals surface area contributed by atoms with Gasteiger partial charge in [-0.3, -0.25) is 0 Å². The van der Waals surface area contributed by atoms with E-state index in [1.165, 1.54) is 92.8 Å². The van der Waals surface area contributed by atoms with E-state index in [-0.39, 0.29) is 17.5 Å². The molecule has 0 spiro atoms. The second kappa shape index (κ2) is 23.2. The van der Waals surface area contributed by atoms with E-state index in [9.17, 15) is 0 Å². The van der Waals surface area contributed by atoms with Crippen molar-refractivity contribution in [1.29, 1.82) is 0 Å². The number of hydrogen-bond acceptors (Lipinski definition) is 2. The summed E-state index contributed by atoms with van der Waals surface area (Å²) in [5, 5.41) is 7.77. The summed E-state index contributed by atoms with van der Waals surface area (Å²) < 4.78 is 5.03. The maximum atomic E-state index is 2.76. The van der Waals surface area contributed by atoms with Gasteiger partial charge in [0.1, 0.15) is 0 Å². The maximum Gasteiger partial charge on any atom is 0.246 e. The van der Waals surface area contributed by atoms with Gasteiger partial charge in [-0.15, -0.1) is 0 Å². The molecule has 0 aliphatic carbocycles. The van der Waals surface area contributed by atoms with Crippen LogP contribution in [0.4, 0.5) is 34.1 Å². The Morgan fingerprint density at radius 3 is 1.24 bits per heavy atom. The fourth-order valence-electron chi connectivity index (χ4n) is 16.2. The molecule has 0 amide bonds. The topological polar surface area (TPSA) is 16.3 Å². The van der Waals surface area contributed by atoms with Crippen molar-refractivity contribution in [2.45, 2.75) is 52.4 Å². The number of fused-ring (bicyclic) bond motifs is 10. The third kappa shape index (κ3) is 9.71. The monoisotopic (exact) mass is 1270 g/mol. The highest BCUT2D eigenvalue weighted by atomic mass is 28.2. The Morgan fingerprint density at radius 1 is 0.316 bits per heavy atom. The van der Waals surface area contributed by atoms with E-state index in [1.807, 2.05) is 0 Å². The first kappa shape index (κ1) is 59.1. The lowest BCUT2D eigenvalue weighted by Gasteiger charge is -2.43. The van der Waals surface area contributed by atoms with E-state index < -0.39 is 9.52 Å². The zero-order valence-electron chi connectivity index (χ0n) is 56.2. The summed E-state index contributed by atoms with van der Waals surface area (Å²) in [7, 11) is -1.20. The van der Waals surface area contributed by atoms with E-state index in [2.05, 4.69) is 382 Å². The molecule has 4 nitrogen and oxygen atoms in total. The quantitative estimate of drug-likeness (QED) is 0.127. The van der Waals surface area contributed by atoms with Crippen molar-refractivity contribution in [2.75, 3.05) is 9.80 Å². The molecule has 14 aromatic carbocycles. The number of aromatic nitrogens is 2. The summed E-state index contributed by atoms with van der Waals surface area (Å²) in [5.74, 6) is 0. The molecule has 0 saturated heterocycles. The van der Waals surface area contributed by atoms with E-state index in [1.54, 1.807) is 0 Å². The third-order valence-corrected chi connectivity index (χ3v) is 22.8. The van der Waals surface area contributed by atoms with Gasteiger partial charge in [0, 0.05) is 83.6 Å². The highest BCUT2D eigenvalue weighted by Crippen LogP contribution is 2.53. The van der Waals surface area contributed by atoms with Gasteiger partial charge in [0.25, 0.3) is 0 Å². The second-order valence-electron chi connectivity index (χ2n) is 28.8. The van der Waals surface area contributed by atoms with Gasteiger partial charge in [-0.05, 0) is 134 Å². The van der Waals surface area contributed by atoms with Crippen LogP contribution in [-0.2, 0) is 10.8 Å². The normalized spacial score (nSPS) is 13.0. The Hall–Kier alpha value is -11.4. The van der Waals surface area contributed by atoms with Crippen molar-refractivity contribution in [3.05, 3.63) is 333 Å². The molecule has 0 atom stereocenters. The molecule has 0 N–H and O–H groups in total. The molecule has 16 aromatic rings. The Kier molecular flexibility index (Phi) is 14.0. The molecule has 0 bridgehead atoms. The van der Waals surface area contributed by atoms with E-state index in [0.29, 0.717) is 0 Å². The van der Waals surface area contributed by atoms with Gasteiger partial charge in [0.15, 0.2) is 0 Å². The van der Waals surface area contributed by atoms with Crippen molar-refractivity contribution < 1.29 is 0 Å².